The first-order chi connectivity index (χ1) is 11.4. The Hall–Kier alpha value is -1.80. The van der Waals surface area contributed by atoms with Crippen molar-refractivity contribution >= 4 is 23.5 Å². The number of hydrogen-bond donors (Lipinski definition) is 1. The fraction of sp³-hybridized carbons (Fsp3) is 0.409. The van der Waals surface area contributed by atoms with Crippen molar-refractivity contribution < 1.29 is 5.11 Å². The van der Waals surface area contributed by atoms with E-state index in [-0.39, 0.29) is 10.8 Å². The molecular weight excluding hydrogens is 330 g/mol. The maximum Gasteiger partial charge on any atom is 0.128 e. The summed E-state index contributed by atoms with van der Waals surface area (Å²) in [7, 11) is 0. The molecule has 0 aliphatic carbocycles. The zero-order valence-electron chi connectivity index (χ0n) is 16.2. The van der Waals surface area contributed by atoms with Crippen LogP contribution in [0.2, 0.25) is 5.02 Å². The minimum absolute atomic E-state index is 0.0110. The van der Waals surface area contributed by atoms with E-state index < -0.39 is 0 Å². The number of hydrogen-bond acceptors (Lipinski definition) is 2. The van der Waals surface area contributed by atoms with Crippen molar-refractivity contribution in [1.82, 2.24) is 0 Å². The van der Waals surface area contributed by atoms with E-state index in [4.69, 9.17) is 11.6 Å². The lowest BCUT2D eigenvalue weighted by Crippen LogP contribution is -2.17. The number of aliphatic imine (C=N–C) groups is 1. The van der Waals surface area contributed by atoms with E-state index in [2.05, 4.69) is 52.6 Å². The number of aryl methyl sites for hydroxylation is 1. The van der Waals surface area contributed by atoms with Crippen molar-refractivity contribution in [3.63, 3.8) is 0 Å². The highest BCUT2D eigenvalue weighted by Crippen LogP contribution is 2.37. The van der Waals surface area contributed by atoms with Gasteiger partial charge in [0, 0.05) is 22.4 Å². The second-order valence-corrected chi connectivity index (χ2v) is 9.14. The van der Waals surface area contributed by atoms with Crippen molar-refractivity contribution in [3.05, 3.63) is 57.6 Å². The lowest BCUT2D eigenvalue weighted by atomic mass is 9.79. The van der Waals surface area contributed by atoms with Crippen LogP contribution < -0.4 is 0 Å². The Kier molecular flexibility index (Phi) is 5.34. The van der Waals surface area contributed by atoms with E-state index in [1.165, 1.54) is 5.56 Å². The Bertz CT molecular complexity index is 788. The van der Waals surface area contributed by atoms with E-state index in [9.17, 15) is 5.11 Å². The van der Waals surface area contributed by atoms with Crippen molar-refractivity contribution in [1.29, 1.82) is 0 Å². The van der Waals surface area contributed by atoms with E-state index in [1.807, 2.05) is 31.2 Å². The molecule has 3 heteroatoms. The molecule has 0 radical (unpaired) electrons. The summed E-state index contributed by atoms with van der Waals surface area (Å²) in [5.41, 5.74) is 4.52. The number of nitrogens with zero attached hydrogens (tertiary/aromatic N) is 1. The first kappa shape index (κ1) is 19.5. The molecule has 1 N–H and O–H groups in total. The summed E-state index contributed by atoms with van der Waals surface area (Å²) < 4.78 is 0. The number of rotatable bonds is 2. The summed E-state index contributed by atoms with van der Waals surface area (Å²) in [5, 5.41) is 11.4. The summed E-state index contributed by atoms with van der Waals surface area (Å²) in [6.07, 6.45) is 1.73. The average molecular weight is 358 g/mol. The quantitative estimate of drug-likeness (QED) is 0.596. The van der Waals surface area contributed by atoms with Gasteiger partial charge in [-0.1, -0.05) is 59.2 Å². The smallest absolute Gasteiger partial charge is 0.128 e. The van der Waals surface area contributed by atoms with Crippen molar-refractivity contribution in [2.75, 3.05) is 0 Å². The Morgan fingerprint density at radius 1 is 0.920 bits per heavy atom. The minimum atomic E-state index is -0.152. The predicted octanol–water partition coefficient (Wildman–Crippen LogP) is 6.70. The van der Waals surface area contributed by atoms with Gasteiger partial charge in [0.05, 0.1) is 5.69 Å². The largest absolute Gasteiger partial charge is 0.507 e. The van der Waals surface area contributed by atoms with Gasteiger partial charge in [-0.3, -0.25) is 4.99 Å². The molecule has 0 amide bonds. The molecule has 0 unspecified atom stereocenters. The lowest BCUT2D eigenvalue weighted by molar-refractivity contribution is 0.444. The van der Waals surface area contributed by atoms with Gasteiger partial charge >= 0.3 is 0 Å². The maximum absolute atomic E-state index is 10.8. The molecule has 134 valence electrons. The lowest BCUT2D eigenvalue weighted by Gasteiger charge is -2.26. The van der Waals surface area contributed by atoms with E-state index in [0.717, 1.165) is 22.4 Å². The third-order valence-corrected chi connectivity index (χ3v) is 4.41. The van der Waals surface area contributed by atoms with Crippen molar-refractivity contribution in [2.24, 2.45) is 4.99 Å². The first-order valence-corrected chi connectivity index (χ1v) is 8.95. The molecule has 0 saturated carbocycles. The molecular formula is C22H28ClNO. The molecule has 2 nitrogen and oxygen atoms in total. The van der Waals surface area contributed by atoms with Crippen LogP contribution in [0.25, 0.3) is 0 Å². The Balaban J connectivity index is 2.58. The van der Waals surface area contributed by atoms with Crippen LogP contribution in [0.15, 0.2) is 35.3 Å². The fourth-order valence-electron chi connectivity index (χ4n) is 2.70. The van der Waals surface area contributed by atoms with Gasteiger partial charge in [-0.15, -0.1) is 0 Å². The van der Waals surface area contributed by atoms with Gasteiger partial charge in [-0.25, -0.2) is 0 Å². The second kappa shape index (κ2) is 6.84. The number of phenols is 1. The Labute approximate surface area is 156 Å². The molecule has 0 atom stereocenters. The molecule has 0 bridgehead atoms. The zero-order chi connectivity index (χ0) is 19.0. The average Bonchev–Trinajstić information content (AvgIpc) is 2.42. The van der Waals surface area contributed by atoms with Crippen LogP contribution in [0, 0.1) is 6.92 Å². The van der Waals surface area contributed by atoms with Crippen molar-refractivity contribution in [2.45, 2.75) is 59.3 Å². The highest BCUT2D eigenvalue weighted by molar-refractivity contribution is 6.30. The number of halogens is 1. The SMILES string of the molecule is Cc1cc(Cl)cc(N=Cc2cc(C(C)(C)C)cc(C(C)(C)C)c2O)c1. The van der Waals surface area contributed by atoms with E-state index in [1.54, 1.807) is 6.21 Å². The van der Waals surface area contributed by atoms with Gasteiger partial charge < -0.3 is 5.11 Å². The number of benzene rings is 2. The third-order valence-electron chi connectivity index (χ3n) is 4.19. The normalized spacial score (nSPS) is 12.8. The highest BCUT2D eigenvalue weighted by atomic mass is 35.5. The van der Waals surface area contributed by atoms with Gasteiger partial charge in [-0.05, 0) is 53.1 Å². The van der Waals surface area contributed by atoms with Crippen LogP contribution in [0.1, 0.15) is 63.8 Å². The van der Waals surface area contributed by atoms with E-state index >= 15 is 0 Å². The highest BCUT2D eigenvalue weighted by Gasteiger charge is 2.24. The van der Waals surface area contributed by atoms with Crippen LogP contribution in [-0.2, 0) is 10.8 Å². The minimum Gasteiger partial charge on any atom is -0.507 e. The summed E-state index contributed by atoms with van der Waals surface area (Å²) >= 11 is 6.11. The fourth-order valence-corrected chi connectivity index (χ4v) is 2.98. The maximum atomic E-state index is 10.8. The molecule has 2 aromatic rings. The summed E-state index contributed by atoms with van der Waals surface area (Å²) in [6, 6.07) is 9.82. The summed E-state index contributed by atoms with van der Waals surface area (Å²) in [5.74, 6) is 0.294. The van der Waals surface area contributed by atoms with Gasteiger partial charge in [0.2, 0.25) is 0 Å². The Morgan fingerprint density at radius 3 is 2.08 bits per heavy atom. The standard InChI is InChI=1S/C22H28ClNO/c1-14-8-17(23)12-18(9-14)24-13-15-10-16(21(2,3)4)11-19(20(15)25)22(5,6)7/h8-13,25H,1-7H3. The molecule has 25 heavy (non-hydrogen) atoms. The first-order valence-electron chi connectivity index (χ1n) is 8.57. The third kappa shape index (κ3) is 4.85. The molecule has 0 aliphatic heterocycles. The molecule has 0 aromatic heterocycles. The molecule has 2 rings (SSSR count). The Morgan fingerprint density at radius 2 is 1.56 bits per heavy atom. The summed E-state index contributed by atoms with van der Waals surface area (Å²) in [6.45, 7) is 14.8. The van der Waals surface area contributed by atoms with Crippen LogP contribution in [0.5, 0.6) is 5.75 Å². The van der Waals surface area contributed by atoms with Crippen molar-refractivity contribution in [3.8, 4) is 5.75 Å². The van der Waals surface area contributed by atoms with Gasteiger partial charge in [0.15, 0.2) is 0 Å². The zero-order valence-corrected chi connectivity index (χ0v) is 17.0. The van der Waals surface area contributed by atoms with Gasteiger partial charge in [0.1, 0.15) is 5.75 Å². The van der Waals surface area contributed by atoms with Gasteiger partial charge in [0.25, 0.3) is 0 Å². The number of aromatic hydroxyl groups is 1. The monoisotopic (exact) mass is 357 g/mol. The second-order valence-electron chi connectivity index (χ2n) is 8.71. The summed E-state index contributed by atoms with van der Waals surface area (Å²) in [4.78, 5) is 4.54. The molecule has 0 heterocycles. The molecule has 0 fully saturated rings. The van der Waals surface area contributed by atoms with Gasteiger partial charge in [-0.2, -0.15) is 0 Å². The molecule has 0 spiro atoms. The molecule has 0 aliphatic rings. The van der Waals surface area contributed by atoms with Crippen LogP contribution in [0.4, 0.5) is 5.69 Å². The van der Waals surface area contributed by atoms with Crippen LogP contribution in [0.3, 0.4) is 0 Å². The van der Waals surface area contributed by atoms with E-state index in [0.29, 0.717) is 10.8 Å². The van der Waals surface area contributed by atoms with Crippen LogP contribution >= 0.6 is 11.6 Å². The molecule has 0 saturated heterocycles. The predicted molar refractivity (Wildman–Crippen MR) is 109 cm³/mol. The topological polar surface area (TPSA) is 32.6 Å². The number of phenolic OH excluding ortho intramolecular Hbond substituents is 1. The molecule has 2 aromatic carbocycles. The van der Waals surface area contributed by atoms with Crippen LogP contribution in [-0.4, -0.2) is 11.3 Å².